The zero-order chi connectivity index (χ0) is 17.6. The number of benzene rings is 3. The number of fused-ring (bicyclic) bond motifs is 1. The van der Waals surface area contributed by atoms with Crippen LogP contribution in [0.4, 0.5) is 0 Å². The fourth-order valence-corrected chi connectivity index (χ4v) is 2.87. The van der Waals surface area contributed by atoms with Crippen molar-refractivity contribution in [2.75, 3.05) is 13.2 Å². The highest BCUT2D eigenvalue weighted by Crippen LogP contribution is 2.25. The summed E-state index contributed by atoms with van der Waals surface area (Å²) in [4.78, 5) is 0. The molecule has 0 bridgehead atoms. The van der Waals surface area contributed by atoms with Gasteiger partial charge in [0, 0.05) is 23.0 Å². The molecule has 2 unspecified atom stereocenters. The number of rotatable bonds is 7. The predicted molar refractivity (Wildman–Crippen MR) is 111 cm³/mol. The number of ether oxygens (including phenoxy) is 1. The summed E-state index contributed by atoms with van der Waals surface area (Å²) in [6, 6.07) is 21.8. The highest BCUT2D eigenvalue weighted by atomic mass is 35.5. The second-order valence-electron chi connectivity index (χ2n) is 6.12. The van der Waals surface area contributed by atoms with Crippen molar-refractivity contribution in [3.8, 4) is 5.75 Å². The first-order chi connectivity index (χ1) is 12.1. The lowest BCUT2D eigenvalue weighted by atomic mass is 10.1. The van der Waals surface area contributed by atoms with E-state index < -0.39 is 6.10 Å². The van der Waals surface area contributed by atoms with E-state index >= 15 is 0 Å². The zero-order valence-electron chi connectivity index (χ0n) is 14.6. The van der Waals surface area contributed by atoms with E-state index in [1.807, 2.05) is 66.7 Å². The third-order valence-corrected chi connectivity index (χ3v) is 4.46. The van der Waals surface area contributed by atoms with Crippen LogP contribution < -0.4 is 10.1 Å². The van der Waals surface area contributed by atoms with E-state index in [0.29, 0.717) is 6.54 Å². The molecule has 0 saturated heterocycles. The van der Waals surface area contributed by atoms with Gasteiger partial charge in [-0.2, -0.15) is 0 Å². The van der Waals surface area contributed by atoms with Crippen LogP contribution in [0.5, 0.6) is 5.75 Å². The Balaban J connectivity index is 0.00000243. The van der Waals surface area contributed by atoms with Crippen LogP contribution in [-0.4, -0.2) is 24.4 Å². The fourth-order valence-electron chi connectivity index (χ4n) is 2.75. The maximum Gasteiger partial charge on any atom is 0.127 e. The number of halogens is 2. The molecular formula is C21H23Cl2NO2. The number of hydrogen-bond acceptors (Lipinski definition) is 3. The molecule has 0 aliphatic heterocycles. The van der Waals surface area contributed by atoms with Crippen molar-refractivity contribution in [1.82, 2.24) is 5.32 Å². The third kappa shape index (κ3) is 5.36. The Morgan fingerprint density at radius 3 is 2.46 bits per heavy atom. The standard InChI is InChI=1S/C21H22ClNO2.ClH/c1-15(16-9-11-18(22)12-10-16)23-13-19(24)14-25-21-8-4-6-17-5-2-3-7-20(17)21;/h2-12,15,19,23-24H,13-14H2,1H3;1H. The summed E-state index contributed by atoms with van der Waals surface area (Å²) in [6.07, 6.45) is -0.589. The minimum atomic E-state index is -0.589. The van der Waals surface area contributed by atoms with Gasteiger partial charge in [0.2, 0.25) is 0 Å². The van der Waals surface area contributed by atoms with Crippen molar-refractivity contribution >= 4 is 34.8 Å². The average molecular weight is 392 g/mol. The van der Waals surface area contributed by atoms with Crippen LogP contribution in [-0.2, 0) is 0 Å². The summed E-state index contributed by atoms with van der Waals surface area (Å²) < 4.78 is 5.83. The van der Waals surface area contributed by atoms with Crippen molar-refractivity contribution < 1.29 is 9.84 Å². The monoisotopic (exact) mass is 391 g/mol. The van der Waals surface area contributed by atoms with Crippen molar-refractivity contribution in [2.24, 2.45) is 0 Å². The molecule has 0 aliphatic carbocycles. The lowest BCUT2D eigenvalue weighted by Crippen LogP contribution is -2.33. The summed E-state index contributed by atoms with van der Waals surface area (Å²) in [6.45, 7) is 2.75. The molecule has 0 saturated carbocycles. The van der Waals surface area contributed by atoms with Gasteiger partial charge in [0.1, 0.15) is 18.5 Å². The molecule has 0 heterocycles. The first-order valence-corrected chi connectivity index (χ1v) is 8.79. The smallest absolute Gasteiger partial charge is 0.127 e. The molecule has 0 aliphatic rings. The lowest BCUT2D eigenvalue weighted by Gasteiger charge is -2.18. The van der Waals surface area contributed by atoms with Crippen LogP contribution in [0.25, 0.3) is 10.8 Å². The fraction of sp³-hybridized carbons (Fsp3) is 0.238. The minimum absolute atomic E-state index is 0. The van der Waals surface area contributed by atoms with E-state index in [2.05, 4.69) is 12.2 Å². The van der Waals surface area contributed by atoms with Gasteiger partial charge in [0.05, 0.1) is 0 Å². The number of aliphatic hydroxyl groups is 1. The second-order valence-corrected chi connectivity index (χ2v) is 6.56. The topological polar surface area (TPSA) is 41.5 Å². The molecule has 2 N–H and O–H groups in total. The Morgan fingerprint density at radius 1 is 1.00 bits per heavy atom. The maximum absolute atomic E-state index is 10.2. The summed E-state index contributed by atoms with van der Waals surface area (Å²) in [5.41, 5.74) is 1.13. The molecular weight excluding hydrogens is 369 g/mol. The van der Waals surface area contributed by atoms with Crippen molar-refractivity contribution in [3.05, 3.63) is 77.3 Å². The predicted octanol–water partition coefficient (Wildman–Crippen LogP) is 5.01. The molecule has 0 aromatic heterocycles. The van der Waals surface area contributed by atoms with E-state index in [9.17, 15) is 5.11 Å². The highest BCUT2D eigenvalue weighted by molar-refractivity contribution is 6.30. The molecule has 2 atom stereocenters. The number of aliphatic hydroxyl groups excluding tert-OH is 1. The highest BCUT2D eigenvalue weighted by Gasteiger charge is 2.10. The summed E-state index contributed by atoms with van der Waals surface area (Å²) >= 11 is 5.91. The molecule has 26 heavy (non-hydrogen) atoms. The summed E-state index contributed by atoms with van der Waals surface area (Å²) in [5, 5.41) is 16.4. The van der Waals surface area contributed by atoms with E-state index in [1.165, 1.54) is 0 Å². The van der Waals surface area contributed by atoms with Crippen LogP contribution in [0.1, 0.15) is 18.5 Å². The second kappa shape index (κ2) is 9.79. The average Bonchev–Trinajstić information content (AvgIpc) is 2.65. The minimum Gasteiger partial charge on any atom is -0.490 e. The lowest BCUT2D eigenvalue weighted by molar-refractivity contribution is 0.105. The molecule has 138 valence electrons. The molecule has 3 aromatic rings. The molecule has 3 rings (SSSR count). The van der Waals surface area contributed by atoms with Crippen LogP contribution in [0, 0.1) is 0 Å². The zero-order valence-corrected chi connectivity index (χ0v) is 16.1. The van der Waals surface area contributed by atoms with Crippen LogP contribution in [0.3, 0.4) is 0 Å². The maximum atomic E-state index is 10.2. The van der Waals surface area contributed by atoms with Gasteiger partial charge in [0.25, 0.3) is 0 Å². The Bertz CT molecular complexity index is 818. The number of hydrogen-bond donors (Lipinski definition) is 2. The van der Waals surface area contributed by atoms with Crippen LogP contribution in [0.15, 0.2) is 66.7 Å². The van der Waals surface area contributed by atoms with Gasteiger partial charge < -0.3 is 15.2 Å². The van der Waals surface area contributed by atoms with Crippen LogP contribution >= 0.6 is 24.0 Å². The first kappa shape index (κ1) is 20.5. The van der Waals surface area contributed by atoms with Crippen molar-refractivity contribution in [3.63, 3.8) is 0 Å². The normalized spacial score (nSPS) is 13.0. The molecule has 5 heteroatoms. The first-order valence-electron chi connectivity index (χ1n) is 8.41. The summed E-state index contributed by atoms with van der Waals surface area (Å²) in [7, 11) is 0. The van der Waals surface area contributed by atoms with Gasteiger partial charge in [0.15, 0.2) is 0 Å². The molecule has 3 nitrogen and oxygen atoms in total. The molecule has 0 fully saturated rings. The Kier molecular flexibility index (Phi) is 7.73. The van der Waals surface area contributed by atoms with Crippen LogP contribution in [0.2, 0.25) is 5.02 Å². The SMILES string of the molecule is CC(NCC(O)COc1cccc2ccccc12)c1ccc(Cl)cc1.Cl. The van der Waals surface area contributed by atoms with Gasteiger partial charge in [-0.05, 0) is 36.1 Å². The van der Waals surface area contributed by atoms with Gasteiger partial charge in [-0.1, -0.05) is 60.1 Å². The third-order valence-electron chi connectivity index (χ3n) is 4.21. The Labute approximate surface area is 165 Å². The molecule has 0 amide bonds. The van der Waals surface area contributed by atoms with Gasteiger partial charge in [-0.3, -0.25) is 0 Å². The molecule has 0 spiro atoms. The quantitative estimate of drug-likeness (QED) is 0.594. The largest absolute Gasteiger partial charge is 0.490 e. The van der Waals surface area contributed by atoms with E-state index in [-0.39, 0.29) is 25.1 Å². The van der Waals surface area contributed by atoms with E-state index in [0.717, 1.165) is 27.1 Å². The summed E-state index contributed by atoms with van der Waals surface area (Å²) in [5.74, 6) is 0.794. The van der Waals surface area contributed by atoms with Crippen molar-refractivity contribution in [1.29, 1.82) is 0 Å². The molecule has 3 aromatic carbocycles. The van der Waals surface area contributed by atoms with E-state index in [1.54, 1.807) is 0 Å². The Morgan fingerprint density at radius 2 is 1.69 bits per heavy atom. The van der Waals surface area contributed by atoms with Gasteiger partial charge >= 0.3 is 0 Å². The number of nitrogens with one attached hydrogen (secondary N) is 1. The van der Waals surface area contributed by atoms with Gasteiger partial charge in [-0.15, -0.1) is 12.4 Å². The molecule has 0 radical (unpaired) electrons. The van der Waals surface area contributed by atoms with Gasteiger partial charge in [-0.25, -0.2) is 0 Å². The Hall–Kier alpha value is -1.78. The van der Waals surface area contributed by atoms with E-state index in [4.69, 9.17) is 16.3 Å². The van der Waals surface area contributed by atoms with Crippen molar-refractivity contribution in [2.45, 2.75) is 19.1 Å².